The molecule has 0 saturated heterocycles. The Kier molecular flexibility index (Phi) is 5.95. The van der Waals surface area contributed by atoms with Crippen molar-refractivity contribution in [2.45, 2.75) is 39.3 Å². The number of carboxylic acids is 1. The highest BCUT2D eigenvalue weighted by molar-refractivity contribution is 5.73. The Labute approximate surface area is 119 Å². The summed E-state index contributed by atoms with van der Waals surface area (Å²) in [6.45, 7) is 5.80. The van der Waals surface area contributed by atoms with Gasteiger partial charge >= 0.3 is 5.97 Å². The predicted octanol–water partition coefficient (Wildman–Crippen LogP) is 2.98. The van der Waals surface area contributed by atoms with Gasteiger partial charge in [-0.15, -0.1) is 0 Å². The number of carbonyl (C=O) groups is 1. The summed E-state index contributed by atoms with van der Waals surface area (Å²) in [6.07, 6.45) is 0.540. The molecule has 0 fully saturated rings. The Bertz CT molecular complexity index is 462. The lowest BCUT2D eigenvalue weighted by Crippen LogP contribution is -2.39. The van der Waals surface area contributed by atoms with Crippen LogP contribution < -0.4 is 10.1 Å². The number of hydrogen-bond donors (Lipinski definition) is 2. The van der Waals surface area contributed by atoms with Crippen LogP contribution in [0.4, 0.5) is 4.39 Å². The first-order valence-corrected chi connectivity index (χ1v) is 6.67. The summed E-state index contributed by atoms with van der Waals surface area (Å²) >= 11 is 0. The maximum Gasteiger partial charge on any atom is 0.320 e. The smallest absolute Gasteiger partial charge is 0.320 e. The third-order valence-electron chi connectivity index (χ3n) is 3.13. The van der Waals surface area contributed by atoms with E-state index in [0.29, 0.717) is 6.42 Å². The molecule has 0 aliphatic heterocycles. The molecule has 20 heavy (non-hydrogen) atoms. The van der Waals surface area contributed by atoms with Crippen LogP contribution in [-0.2, 0) is 4.79 Å². The summed E-state index contributed by atoms with van der Waals surface area (Å²) in [5.41, 5.74) is 0.790. The minimum Gasteiger partial charge on any atom is -0.494 e. The summed E-state index contributed by atoms with van der Waals surface area (Å²) < 4.78 is 18.3. The van der Waals surface area contributed by atoms with E-state index in [1.165, 1.54) is 13.2 Å². The minimum absolute atomic E-state index is 0.159. The van der Waals surface area contributed by atoms with Gasteiger partial charge in [-0.3, -0.25) is 10.1 Å². The number of rotatable bonds is 7. The van der Waals surface area contributed by atoms with Gasteiger partial charge in [0.05, 0.1) is 7.11 Å². The fourth-order valence-electron chi connectivity index (χ4n) is 2.06. The van der Waals surface area contributed by atoms with Crippen molar-refractivity contribution < 1.29 is 19.0 Å². The van der Waals surface area contributed by atoms with Crippen molar-refractivity contribution in [1.82, 2.24) is 5.32 Å². The Morgan fingerprint density at radius 3 is 2.55 bits per heavy atom. The summed E-state index contributed by atoms with van der Waals surface area (Å²) in [5, 5.41) is 12.3. The highest BCUT2D eigenvalue weighted by Gasteiger charge is 2.21. The molecular formula is C15H22FNO3. The van der Waals surface area contributed by atoms with E-state index in [1.807, 2.05) is 20.8 Å². The van der Waals surface area contributed by atoms with Gasteiger partial charge in [-0.2, -0.15) is 0 Å². The lowest BCUT2D eigenvalue weighted by atomic mass is 10.0. The van der Waals surface area contributed by atoms with Gasteiger partial charge in [0, 0.05) is 6.04 Å². The Balaban J connectivity index is 2.83. The number of hydrogen-bond acceptors (Lipinski definition) is 3. The van der Waals surface area contributed by atoms with Crippen molar-refractivity contribution in [3.63, 3.8) is 0 Å². The third kappa shape index (κ3) is 4.49. The van der Waals surface area contributed by atoms with Crippen LogP contribution in [0.15, 0.2) is 18.2 Å². The Morgan fingerprint density at radius 2 is 2.05 bits per heavy atom. The van der Waals surface area contributed by atoms with Crippen molar-refractivity contribution >= 4 is 5.97 Å². The fourth-order valence-corrected chi connectivity index (χ4v) is 2.06. The van der Waals surface area contributed by atoms with Gasteiger partial charge in [-0.05, 0) is 37.0 Å². The third-order valence-corrected chi connectivity index (χ3v) is 3.13. The van der Waals surface area contributed by atoms with Crippen LogP contribution in [-0.4, -0.2) is 24.2 Å². The number of nitrogens with one attached hydrogen (secondary N) is 1. The van der Waals surface area contributed by atoms with E-state index >= 15 is 0 Å². The van der Waals surface area contributed by atoms with Crippen molar-refractivity contribution in [3.05, 3.63) is 29.6 Å². The second kappa shape index (κ2) is 7.24. The normalized spacial score (nSPS) is 14.1. The van der Waals surface area contributed by atoms with Crippen molar-refractivity contribution in [2.75, 3.05) is 7.11 Å². The number of ether oxygens (including phenoxy) is 1. The van der Waals surface area contributed by atoms with Crippen LogP contribution in [0.1, 0.15) is 38.8 Å². The second-order valence-corrected chi connectivity index (χ2v) is 5.30. The van der Waals surface area contributed by atoms with Gasteiger partial charge in [0.25, 0.3) is 0 Å². The van der Waals surface area contributed by atoms with Crippen molar-refractivity contribution in [2.24, 2.45) is 5.92 Å². The first-order valence-electron chi connectivity index (χ1n) is 6.67. The lowest BCUT2D eigenvalue weighted by Gasteiger charge is -2.22. The number of benzene rings is 1. The summed E-state index contributed by atoms with van der Waals surface area (Å²) in [6, 6.07) is 3.71. The molecule has 2 atom stereocenters. The van der Waals surface area contributed by atoms with Gasteiger partial charge in [0.2, 0.25) is 0 Å². The molecule has 0 heterocycles. The molecule has 0 aromatic heterocycles. The minimum atomic E-state index is -0.875. The van der Waals surface area contributed by atoms with E-state index in [0.717, 1.165) is 5.56 Å². The van der Waals surface area contributed by atoms with Crippen LogP contribution in [0, 0.1) is 11.7 Å². The highest BCUT2D eigenvalue weighted by Crippen LogP contribution is 2.23. The van der Waals surface area contributed by atoms with Gasteiger partial charge < -0.3 is 9.84 Å². The lowest BCUT2D eigenvalue weighted by molar-refractivity contribution is -0.140. The zero-order valence-electron chi connectivity index (χ0n) is 12.3. The highest BCUT2D eigenvalue weighted by atomic mass is 19.1. The molecule has 0 bridgehead atoms. The van der Waals surface area contributed by atoms with Crippen LogP contribution in [0.25, 0.3) is 0 Å². The largest absolute Gasteiger partial charge is 0.494 e. The fraction of sp³-hybridized carbons (Fsp3) is 0.533. The predicted molar refractivity (Wildman–Crippen MR) is 75.4 cm³/mol. The van der Waals surface area contributed by atoms with E-state index in [4.69, 9.17) is 4.74 Å². The molecule has 4 nitrogen and oxygen atoms in total. The average molecular weight is 283 g/mol. The molecule has 0 saturated carbocycles. The van der Waals surface area contributed by atoms with E-state index in [2.05, 4.69) is 5.32 Å². The van der Waals surface area contributed by atoms with E-state index in [9.17, 15) is 14.3 Å². The van der Waals surface area contributed by atoms with Crippen LogP contribution >= 0.6 is 0 Å². The molecule has 0 aliphatic rings. The van der Waals surface area contributed by atoms with Gasteiger partial charge in [0.15, 0.2) is 11.6 Å². The SMILES string of the molecule is COc1cc(C(C)NC(CC(C)C)C(=O)O)ccc1F. The standard InChI is InChI=1S/C15H22FNO3/c1-9(2)7-13(15(18)19)17-10(3)11-5-6-12(16)14(8-11)20-4/h5-6,8-10,13,17H,7H2,1-4H3,(H,18,19). The number of halogens is 1. The second-order valence-electron chi connectivity index (χ2n) is 5.30. The van der Waals surface area contributed by atoms with Gasteiger partial charge in [0.1, 0.15) is 6.04 Å². The van der Waals surface area contributed by atoms with Crippen LogP contribution in [0.2, 0.25) is 0 Å². The Hall–Kier alpha value is -1.62. The molecule has 1 aromatic rings. The molecule has 0 radical (unpaired) electrons. The molecule has 0 spiro atoms. The van der Waals surface area contributed by atoms with Crippen LogP contribution in [0.5, 0.6) is 5.75 Å². The zero-order valence-corrected chi connectivity index (χ0v) is 12.3. The number of aliphatic carboxylic acids is 1. The quantitative estimate of drug-likeness (QED) is 0.807. The molecule has 1 rings (SSSR count). The number of carboxylic acid groups (broad SMARTS) is 1. The molecule has 5 heteroatoms. The Morgan fingerprint density at radius 1 is 1.40 bits per heavy atom. The number of methoxy groups -OCH3 is 1. The van der Waals surface area contributed by atoms with E-state index < -0.39 is 17.8 Å². The molecule has 0 aliphatic carbocycles. The van der Waals surface area contributed by atoms with Crippen molar-refractivity contribution in [1.29, 1.82) is 0 Å². The maximum atomic E-state index is 13.4. The molecular weight excluding hydrogens is 261 g/mol. The maximum absolute atomic E-state index is 13.4. The first kappa shape index (κ1) is 16.4. The van der Waals surface area contributed by atoms with Gasteiger partial charge in [-0.25, -0.2) is 4.39 Å². The van der Waals surface area contributed by atoms with E-state index in [1.54, 1.807) is 12.1 Å². The molecule has 2 N–H and O–H groups in total. The first-order chi connectivity index (χ1) is 9.35. The molecule has 2 unspecified atom stereocenters. The molecule has 112 valence electrons. The molecule has 1 aromatic carbocycles. The summed E-state index contributed by atoms with van der Waals surface area (Å²) in [7, 11) is 1.40. The summed E-state index contributed by atoms with van der Waals surface area (Å²) in [5.74, 6) is -0.870. The molecule has 0 amide bonds. The van der Waals surface area contributed by atoms with Crippen LogP contribution in [0.3, 0.4) is 0 Å². The van der Waals surface area contributed by atoms with Crippen molar-refractivity contribution in [3.8, 4) is 5.75 Å². The topological polar surface area (TPSA) is 58.6 Å². The van der Waals surface area contributed by atoms with Gasteiger partial charge in [-0.1, -0.05) is 19.9 Å². The monoisotopic (exact) mass is 283 g/mol. The van der Waals surface area contributed by atoms with E-state index in [-0.39, 0.29) is 17.7 Å². The zero-order chi connectivity index (χ0) is 15.3. The average Bonchev–Trinajstić information content (AvgIpc) is 2.37. The summed E-state index contributed by atoms with van der Waals surface area (Å²) in [4.78, 5) is 11.2.